The topological polar surface area (TPSA) is 64.6 Å². The Hall–Kier alpha value is -2.04. The molecule has 0 aromatic heterocycles. The van der Waals surface area contributed by atoms with Crippen LogP contribution in [-0.4, -0.2) is 30.6 Å². The van der Waals surface area contributed by atoms with Crippen LogP contribution >= 0.6 is 0 Å². The first kappa shape index (κ1) is 17.3. The van der Waals surface area contributed by atoms with Gasteiger partial charge in [0.25, 0.3) is 0 Å². The molecule has 126 valence electrons. The summed E-state index contributed by atoms with van der Waals surface area (Å²) >= 11 is 0. The van der Waals surface area contributed by atoms with Gasteiger partial charge in [0.2, 0.25) is 0 Å². The molecule has 1 aromatic carbocycles. The second-order valence-corrected chi connectivity index (χ2v) is 6.86. The molecule has 0 spiro atoms. The highest BCUT2D eigenvalue weighted by Gasteiger charge is 2.37. The third-order valence-corrected chi connectivity index (χ3v) is 3.99. The Labute approximate surface area is 137 Å². The molecule has 0 fully saturated rings. The maximum absolute atomic E-state index is 12.7. The van der Waals surface area contributed by atoms with Crippen LogP contribution in [-0.2, 0) is 11.2 Å². The lowest BCUT2D eigenvalue weighted by Gasteiger charge is -2.25. The number of methoxy groups -OCH3 is 1. The molecule has 23 heavy (non-hydrogen) atoms. The molecule has 2 unspecified atom stereocenters. The van der Waals surface area contributed by atoms with Crippen LogP contribution in [0, 0.1) is 5.92 Å². The molecule has 0 bridgehead atoms. The average molecular weight is 319 g/mol. The number of amides is 1. The van der Waals surface area contributed by atoms with Gasteiger partial charge >= 0.3 is 6.09 Å². The summed E-state index contributed by atoms with van der Waals surface area (Å²) in [6, 6.07) is 5.32. The minimum atomic E-state index is -0.557. The van der Waals surface area contributed by atoms with Crippen LogP contribution in [0.2, 0.25) is 0 Å². The summed E-state index contributed by atoms with van der Waals surface area (Å²) < 4.78 is 10.5. The van der Waals surface area contributed by atoms with Crippen LogP contribution < -0.4 is 10.1 Å². The van der Waals surface area contributed by atoms with E-state index in [4.69, 9.17) is 9.47 Å². The largest absolute Gasteiger partial charge is 0.497 e. The van der Waals surface area contributed by atoms with Gasteiger partial charge < -0.3 is 14.8 Å². The molecule has 0 aliphatic heterocycles. The lowest BCUT2D eigenvalue weighted by atomic mass is 9.93. The molecule has 1 aromatic rings. The molecule has 5 nitrogen and oxygen atoms in total. The Morgan fingerprint density at radius 1 is 1.39 bits per heavy atom. The maximum Gasteiger partial charge on any atom is 0.407 e. The Kier molecular flexibility index (Phi) is 4.97. The molecule has 0 saturated heterocycles. The molecule has 0 heterocycles. The Balaban J connectivity index is 2.11. The number of benzene rings is 1. The van der Waals surface area contributed by atoms with Gasteiger partial charge in [0.15, 0.2) is 5.78 Å². The maximum atomic E-state index is 12.7. The normalized spacial score (nSPS) is 18.3. The Morgan fingerprint density at radius 2 is 2.09 bits per heavy atom. The lowest BCUT2D eigenvalue weighted by molar-refractivity contribution is 0.0483. The fraction of sp³-hybridized carbons (Fsp3) is 0.556. The highest BCUT2D eigenvalue weighted by Crippen LogP contribution is 2.32. The number of carbonyl (C=O) groups is 2. The Bertz CT molecular complexity index is 604. The van der Waals surface area contributed by atoms with Crippen molar-refractivity contribution in [2.75, 3.05) is 7.11 Å². The number of fused-ring (bicyclic) bond motifs is 1. The van der Waals surface area contributed by atoms with Gasteiger partial charge in [-0.05, 0) is 51.3 Å². The number of Topliss-reactive ketones (excluding diaryl/α,β-unsaturated/α-hetero) is 1. The molecule has 0 saturated carbocycles. The zero-order valence-corrected chi connectivity index (χ0v) is 14.4. The van der Waals surface area contributed by atoms with E-state index in [1.54, 1.807) is 13.2 Å². The minimum Gasteiger partial charge on any atom is -0.497 e. The first-order chi connectivity index (χ1) is 10.7. The fourth-order valence-electron chi connectivity index (χ4n) is 2.89. The van der Waals surface area contributed by atoms with E-state index in [9.17, 15) is 9.59 Å². The standard InChI is InChI=1S/C18H25NO4/c1-6-15(19-17(21)23-18(2,3)4)14-9-11-7-8-12(22-5)10-13(11)16(14)20/h7-8,10,14-15H,6,9H2,1-5H3,(H,19,21). The summed E-state index contributed by atoms with van der Waals surface area (Å²) in [6.45, 7) is 7.40. The summed E-state index contributed by atoms with van der Waals surface area (Å²) in [4.78, 5) is 24.7. The average Bonchev–Trinajstić information content (AvgIpc) is 2.79. The van der Waals surface area contributed by atoms with Crippen LogP contribution in [0.15, 0.2) is 18.2 Å². The first-order valence-electron chi connectivity index (χ1n) is 7.95. The van der Waals surface area contributed by atoms with Gasteiger partial charge in [0.05, 0.1) is 7.11 Å². The second kappa shape index (κ2) is 6.60. The van der Waals surface area contributed by atoms with Crippen LogP contribution in [0.5, 0.6) is 5.75 Å². The lowest BCUT2D eigenvalue weighted by Crippen LogP contribution is -2.44. The van der Waals surface area contributed by atoms with Gasteiger partial charge in [-0.1, -0.05) is 13.0 Å². The predicted molar refractivity (Wildman–Crippen MR) is 88.0 cm³/mol. The van der Waals surface area contributed by atoms with Crippen molar-refractivity contribution in [3.05, 3.63) is 29.3 Å². The third-order valence-electron chi connectivity index (χ3n) is 3.99. The number of rotatable bonds is 4. The van der Waals surface area contributed by atoms with Gasteiger partial charge in [-0.15, -0.1) is 0 Å². The van der Waals surface area contributed by atoms with E-state index in [-0.39, 0.29) is 17.7 Å². The van der Waals surface area contributed by atoms with Crippen molar-refractivity contribution in [1.29, 1.82) is 0 Å². The van der Waals surface area contributed by atoms with E-state index < -0.39 is 11.7 Å². The zero-order valence-electron chi connectivity index (χ0n) is 14.4. The Morgan fingerprint density at radius 3 is 2.65 bits per heavy atom. The van der Waals surface area contributed by atoms with Gasteiger partial charge in [-0.3, -0.25) is 4.79 Å². The summed E-state index contributed by atoms with van der Waals surface area (Å²) in [7, 11) is 1.58. The predicted octanol–water partition coefficient (Wildman–Crippen LogP) is 3.35. The molecule has 2 atom stereocenters. The highest BCUT2D eigenvalue weighted by atomic mass is 16.6. The van der Waals surface area contributed by atoms with Crippen molar-refractivity contribution in [2.45, 2.75) is 52.2 Å². The molecule has 1 N–H and O–H groups in total. The molecule has 1 aliphatic carbocycles. The van der Waals surface area contributed by atoms with Crippen molar-refractivity contribution in [3.8, 4) is 5.75 Å². The smallest absolute Gasteiger partial charge is 0.407 e. The molecule has 1 aliphatic rings. The second-order valence-electron chi connectivity index (χ2n) is 6.86. The van der Waals surface area contributed by atoms with Crippen LogP contribution in [0.3, 0.4) is 0 Å². The summed E-state index contributed by atoms with van der Waals surface area (Å²) in [6.07, 6.45) is 0.818. The number of carbonyl (C=O) groups excluding carboxylic acids is 2. The minimum absolute atomic E-state index is 0.0572. The number of ether oxygens (including phenoxy) is 2. The summed E-state index contributed by atoms with van der Waals surface area (Å²) in [5.41, 5.74) is 1.14. The van der Waals surface area contributed by atoms with E-state index in [1.807, 2.05) is 39.8 Å². The van der Waals surface area contributed by atoms with Crippen molar-refractivity contribution in [1.82, 2.24) is 5.32 Å². The molecular weight excluding hydrogens is 294 g/mol. The van der Waals surface area contributed by atoms with E-state index in [2.05, 4.69) is 5.32 Å². The van der Waals surface area contributed by atoms with E-state index in [1.165, 1.54) is 0 Å². The van der Waals surface area contributed by atoms with E-state index in [0.29, 0.717) is 24.2 Å². The van der Waals surface area contributed by atoms with Crippen molar-refractivity contribution < 1.29 is 19.1 Å². The van der Waals surface area contributed by atoms with E-state index in [0.717, 1.165) is 5.56 Å². The number of alkyl carbamates (subject to hydrolysis) is 1. The van der Waals surface area contributed by atoms with Crippen LogP contribution in [0.4, 0.5) is 4.79 Å². The van der Waals surface area contributed by atoms with Crippen LogP contribution in [0.25, 0.3) is 0 Å². The number of hydrogen-bond acceptors (Lipinski definition) is 4. The monoisotopic (exact) mass is 319 g/mol. The van der Waals surface area contributed by atoms with E-state index >= 15 is 0 Å². The molecule has 0 radical (unpaired) electrons. The molecule has 1 amide bonds. The summed E-state index contributed by atoms with van der Waals surface area (Å²) in [5, 5.41) is 2.85. The SMILES string of the molecule is CCC(NC(=O)OC(C)(C)C)C1Cc2ccc(OC)cc2C1=O. The molecule has 5 heteroatoms. The van der Waals surface area contributed by atoms with Crippen LogP contribution in [0.1, 0.15) is 50.0 Å². The molecule has 2 rings (SSSR count). The number of ketones is 1. The summed E-state index contributed by atoms with van der Waals surface area (Å²) in [5.74, 6) is 0.474. The first-order valence-corrected chi connectivity index (χ1v) is 7.95. The van der Waals surface area contributed by atoms with Gasteiger partial charge in [0, 0.05) is 17.5 Å². The van der Waals surface area contributed by atoms with Gasteiger partial charge in [0.1, 0.15) is 11.4 Å². The zero-order chi connectivity index (χ0) is 17.2. The number of hydrogen-bond donors (Lipinski definition) is 1. The molecular formula is C18H25NO4. The highest BCUT2D eigenvalue weighted by molar-refractivity contribution is 6.03. The van der Waals surface area contributed by atoms with Gasteiger partial charge in [-0.2, -0.15) is 0 Å². The quantitative estimate of drug-likeness (QED) is 0.924. The third kappa shape index (κ3) is 4.03. The van der Waals surface area contributed by atoms with Crippen molar-refractivity contribution >= 4 is 11.9 Å². The van der Waals surface area contributed by atoms with Gasteiger partial charge in [-0.25, -0.2) is 4.79 Å². The van der Waals surface area contributed by atoms with Crippen molar-refractivity contribution in [3.63, 3.8) is 0 Å². The fourth-order valence-corrected chi connectivity index (χ4v) is 2.89. The van der Waals surface area contributed by atoms with Crippen molar-refractivity contribution in [2.24, 2.45) is 5.92 Å². The number of nitrogens with one attached hydrogen (secondary N) is 1.